The highest BCUT2D eigenvalue weighted by Crippen LogP contribution is 2.33. The largest absolute Gasteiger partial charge is 0.320 e. The fourth-order valence-corrected chi connectivity index (χ4v) is 2.93. The SMILES string of the molecule is Cc1cc(Br)c(Cl)cc1N=C1C(=O)Nc2c(C)cccc21. The van der Waals surface area contributed by atoms with Gasteiger partial charge < -0.3 is 5.32 Å². The van der Waals surface area contributed by atoms with Crippen molar-refractivity contribution < 1.29 is 4.79 Å². The highest BCUT2D eigenvalue weighted by Gasteiger charge is 2.27. The highest BCUT2D eigenvalue weighted by atomic mass is 79.9. The first-order chi connectivity index (χ1) is 9.97. The minimum atomic E-state index is -0.183. The van der Waals surface area contributed by atoms with E-state index in [4.69, 9.17) is 11.6 Å². The van der Waals surface area contributed by atoms with Gasteiger partial charge in [0.25, 0.3) is 5.91 Å². The Bertz CT molecular complexity index is 799. The second kappa shape index (κ2) is 5.28. The lowest BCUT2D eigenvalue weighted by Crippen LogP contribution is -2.14. The molecule has 1 aliphatic rings. The fourth-order valence-electron chi connectivity index (χ4n) is 2.31. The maximum absolute atomic E-state index is 12.2. The summed E-state index contributed by atoms with van der Waals surface area (Å²) >= 11 is 9.50. The number of hydrogen-bond donors (Lipinski definition) is 1. The van der Waals surface area contributed by atoms with Gasteiger partial charge in [0.05, 0.1) is 16.4 Å². The number of hydrogen-bond acceptors (Lipinski definition) is 2. The standard InChI is InChI=1S/C16H12BrClN2O/c1-8-4-3-5-10-14(8)20-16(21)15(10)19-13-7-12(18)11(17)6-9(13)2/h3-7H,1-2H3,(H,19,20,21). The predicted molar refractivity (Wildman–Crippen MR) is 89.9 cm³/mol. The average molecular weight is 364 g/mol. The lowest BCUT2D eigenvalue weighted by Gasteiger charge is -2.05. The topological polar surface area (TPSA) is 41.5 Å². The van der Waals surface area contributed by atoms with E-state index in [0.29, 0.717) is 16.4 Å². The van der Waals surface area contributed by atoms with Gasteiger partial charge in [0.15, 0.2) is 0 Å². The molecule has 21 heavy (non-hydrogen) atoms. The number of aryl methyl sites for hydroxylation is 2. The number of fused-ring (bicyclic) bond motifs is 1. The quantitative estimate of drug-likeness (QED) is 0.777. The Labute approximate surface area is 136 Å². The van der Waals surface area contributed by atoms with Crippen molar-refractivity contribution in [2.75, 3.05) is 5.32 Å². The maximum Gasteiger partial charge on any atom is 0.275 e. The van der Waals surface area contributed by atoms with Crippen LogP contribution in [0.25, 0.3) is 0 Å². The summed E-state index contributed by atoms with van der Waals surface area (Å²) in [5.74, 6) is -0.183. The lowest BCUT2D eigenvalue weighted by molar-refractivity contribution is -0.110. The number of aliphatic imine (C=N–C) groups is 1. The summed E-state index contributed by atoms with van der Waals surface area (Å²) in [7, 11) is 0. The molecule has 3 rings (SSSR count). The second-order valence-corrected chi connectivity index (χ2v) is 6.23. The number of carbonyl (C=O) groups is 1. The van der Waals surface area contributed by atoms with Gasteiger partial charge in [-0.25, -0.2) is 4.99 Å². The van der Waals surface area contributed by atoms with Gasteiger partial charge in [0.2, 0.25) is 0 Å². The zero-order valence-electron chi connectivity index (χ0n) is 11.5. The van der Waals surface area contributed by atoms with Gasteiger partial charge in [0.1, 0.15) is 5.71 Å². The van der Waals surface area contributed by atoms with Crippen LogP contribution >= 0.6 is 27.5 Å². The number of carbonyl (C=O) groups excluding carboxylic acids is 1. The van der Waals surface area contributed by atoms with E-state index in [1.807, 2.05) is 38.1 Å². The van der Waals surface area contributed by atoms with E-state index in [9.17, 15) is 4.79 Å². The molecule has 0 radical (unpaired) electrons. The number of nitrogens with zero attached hydrogens (tertiary/aromatic N) is 1. The molecule has 1 heterocycles. The van der Waals surface area contributed by atoms with Crippen LogP contribution < -0.4 is 5.32 Å². The van der Waals surface area contributed by atoms with Gasteiger partial charge >= 0.3 is 0 Å². The molecular formula is C16H12BrClN2O. The molecule has 106 valence electrons. The Morgan fingerprint density at radius 3 is 2.71 bits per heavy atom. The van der Waals surface area contributed by atoms with E-state index in [1.54, 1.807) is 6.07 Å². The van der Waals surface area contributed by atoms with E-state index in [2.05, 4.69) is 26.2 Å². The van der Waals surface area contributed by atoms with Crippen LogP contribution in [0, 0.1) is 13.8 Å². The van der Waals surface area contributed by atoms with E-state index in [1.165, 1.54) is 0 Å². The summed E-state index contributed by atoms with van der Waals surface area (Å²) in [5.41, 5.74) is 4.77. The zero-order chi connectivity index (χ0) is 15.1. The number of para-hydroxylation sites is 1. The summed E-state index contributed by atoms with van der Waals surface area (Å²) in [4.78, 5) is 16.7. The van der Waals surface area contributed by atoms with E-state index in [-0.39, 0.29) is 5.91 Å². The highest BCUT2D eigenvalue weighted by molar-refractivity contribution is 9.10. The molecule has 0 atom stereocenters. The van der Waals surface area contributed by atoms with Gasteiger partial charge in [-0.2, -0.15) is 0 Å². The molecule has 0 fully saturated rings. The number of benzene rings is 2. The third-order valence-electron chi connectivity index (χ3n) is 3.45. The summed E-state index contributed by atoms with van der Waals surface area (Å²) in [5, 5.41) is 3.44. The van der Waals surface area contributed by atoms with Crippen LogP contribution in [0.4, 0.5) is 11.4 Å². The normalized spacial score (nSPS) is 15.2. The monoisotopic (exact) mass is 362 g/mol. The molecule has 0 saturated carbocycles. The van der Waals surface area contributed by atoms with Gasteiger partial charge in [-0.1, -0.05) is 29.8 Å². The molecule has 0 spiro atoms. The third-order valence-corrected chi connectivity index (χ3v) is 4.65. The van der Waals surface area contributed by atoms with E-state index >= 15 is 0 Å². The minimum absolute atomic E-state index is 0.183. The summed E-state index contributed by atoms with van der Waals surface area (Å²) in [6.07, 6.45) is 0. The number of rotatable bonds is 1. The molecule has 0 aliphatic carbocycles. The zero-order valence-corrected chi connectivity index (χ0v) is 13.8. The van der Waals surface area contributed by atoms with Crippen LogP contribution in [0.1, 0.15) is 16.7 Å². The molecule has 1 N–H and O–H groups in total. The maximum atomic E-state index is 12.2. The van der Waals surface area contributed by atoms with Gasteiger partial charge in [0, 0.05) is 10.0 Å². The first kappa shape index (κ1) is 14.3. The minimum Gasteiger partial charge on any atom is -0.320 e. The number of halogens is 2. The Morgan fingerprint density at radius 1 is 1.19 bits per heavy atom. The molecule has 0 aromatic heterocycles. The van der Waals surface area contributed by atoms with Crippen molar-refractivity contribution in [2.45, 2.75) is 13.8 Å². The van der Waals surface area contributed by atoms with Crippen molar-refractivity contribution >= 4 is 50.5 Å². The molecule has 5 heteroatoms. The molecular weight excluding hydrogens is 352 g/mol. The average Bonchev–Trinajstić information content (AvgIpc) is 2.74. The first-order valence-electron chi connectivity index (χ1n) is 6.43. The first-order valence-corrected chi connectivity index (χ1v) is 7.60. The lowest BCUT2D eigenvalue weighted by atomic mass is 10.1. The van der Waals surface area contributed by atoms with Gasteiger partial charge in [-0.15, -0.1) is 0 Å². The summed E-state index contributed by atoms with van der Waals surface area (Å²) in [6, 6.07) is 9.44. The predicted octanol–water partition coefficient (Wildman–Crippen LogP) is 4.79. The van der Waals surface area contributed by atoms with Crippen molar-refractivity contribution in [2.24, 2.45) is 4.99 Å². The van der Waals surface area contributed by atoms with E-state index in [0.717, 1.165) is 26.9 Å². The summed E-state index contributed by atoms with van der Waals surface area (Å²) in [6.45, 7) is 3.90. The van der Waals surface area contributed by atoms with Crippen molar-refractivity contribution in [1.82, 2.24) is 0 Å². The van der Waals surface area contributed by atoms with Crippen LogP contribution in [0.15, 0.2) is 39.8 Å². The molecule has 3 nitrogen and oxygen atoms in total. The number of nitrogens with one attached hydrogen (secondary N) is 1. The van der Waals surface area contributed by atoms with Crippen LogP contribution in [0.2, 0.25) is 5.02 Å². The Kier molecular flexibility index (Phi) is 3.59. The molecule has 2 aromatic carbocycles. The van der Waals surface area contributed by atoms with Crippen molar-refractivity contribution in [3.63, 3.8) is 0 Å². The Balaban J connectivity index is 2.16. The van der Waals surface area contributed by atoms with Crippen molar-refractivity contribution in [1.29, 1.82) is 0 Å². The number of anilines is 1. The van der Waals surface area contributed by atoms with Gasteiger partial charge in [-0.05, 0) is 53.0 Å². The van der Waals surface area contributed by atoms with Crippen LogP contribution in [-0.4, -0.2) is 11.6 Å². The Hall–Kier alpha value is -1.65. The smallest absolute Gasteiger partial charge is 0.275 e. The van der Waals surface area contributed by atoms with Crippen LogP contribution in [0.5, 0.6) is 0 Å². The number of amides is 1. The van der Waals surface area contributed by atoms with Crippen LogP contribution in [-0.2, 0) is 4.79 Å². The van der Waals surface area contributed by atoms with E-state index < -0.39 is 0 Å². The van der Waals surface area contributed by atoms with Gasteiger partial charge in [-0.3, -0.25) is 4.79 Å². The fraction of sp³-hybridized carbons (Fsp3) is 0.125. The van der Waals surface area contributed by atoms with Crippen molar-refractivity contribution in [3.8, 4) is 0 Å². The molecule has 0 unspecified atom stereocenters. The molecule has 1 aliphatic heterocycles. The molecule has 1 amide bonds. The molecule has 0 saturated heterocycles. The summed E-state index contributed by atoms with van der Waals surface area (Å²) < 4.78 is 0.817. The van der Waals surface area contributed by atoms with Crippen LogP contribution in [0.3, 0.4) is 0 Å². The molecule has 2 aromatic rings. The second-order valence-electron chi connectivity index (χ2n) is 4.96. The Morgan fingerprint density at radius 2 is 1.95 bits per heavy atom. The molecule has 0 bridgehead atoms. The van der Waals surface area contributed by atoms with Crippen molar-refractivity contribution in [3.05, 3.63) is 56.5 Å². The third kappa shape index (κ3) is 2.49.